The number of benzene rings is 2. The Labute approximate surface area is 167 Å². The fourth-order valence-electron chi connectivity index (χ4n) is 2.89. The Kier molecular flexibility index (Phi) is 7.37. The van der Waals surface area contributed by atoms with E-state index in [1.807, 2.05) is 20.8 Å². The van der Waals surface area contributed by atoms with Crippen molar-refractivity contribution >= 4 is 17.9 Å². The van der Waals surface area contributed by atoms with Crippen LogP contribution in [-0.4, -0.2) is 18.2 Å². The van der Waals surface area contributed by atoms with Crippen molar-refractivity contribution in [3.63, 3.8) is 0 Å². The van der Waals surface area contributed by atoms with E-state index in [4.69, 9.17) is 4.74 Å². The van der Waals surface area contributed by atoms with Crippen molar-refractivity contribution in [3.8, 4) is 0 Å². The van der Waals surface area contributed by atoms with Crippen molar-refractivity contribution in [2.24, 2.45) is 0 Å². The van der Waals surface area contributed by atoms with E-state index >= 15 is 0 Å². The Bertz CT molecular complexity index is 780. The monoisotopic (exact) mass is 385 g/mol. The van der Waals surface area contributed by atoms with Crippen molar-refractivity contribution in [2.45, 2.75) is 69.3 Å². The Morgan fingerprint density at radius 3 is 2.52 bits per heavy atom. The van der Waals surface area contributed by atoms with E-state index < -0.39 is 5.60 Å². The zero-order valence-electron chi connectivity index (χ0n) is 17.3. The molecule has 1 amide bonds. The van der Waals surface area contributed by atoms with Gasteiger partial charge >= 0.3 is 6.09 Å². The zero-order valence-corrected chi connectivity index (χ0v) is 18.1. The maximum atomic E-state index is 11.9. The van der Waals surface area contributed by atoms with Gasteiger partial charge in [-0.15, -0.1) is 0 Å². The molecule has 0 aliphatic heterocycles. The van der Waals surface area contributed by atoms with Gasteiger partial charge in [-0.3, -0.25) is 0 Å². The highest BCUT2D eigenvalue weighted by atomic mass is 32.2. The molecular formula is C23H31NO2S. The van der Waals surface area contributed by atoms with Crippen molar-refractivity contribution in [2.75, 3.05) is 6.54 Å². The molecule has 3 nitrogen and oxygen atoms in total. The first-order chi connectivity index (χ1) is 12.7. The molecule has 27 heavy (non-hydrogen) atoms. The second kappa shape index (κ2) is 9.32. The van der Waals surface area contributed by atoms with E-state index in [0.29, 0.717) is 6.54 Å². The number of ether oxygens (including phenoxy) is 1. The minimum absolute atomic E-state index is 0.261. The van der Waals surface area contributed by atoms with Crippen LogP contribution < -0.4 is 5.32 Å². The lowest BCUT2D eigenvalue weighted by Gasteiger charge is -2.22. The number of alkyl carbamates (subject to hydrolysis) is 1. The smallest absolute Gasteiger partial charge is 0.407 e. The predicted octanol–water partition coefficient (Wildman–Crippen LogP) is 6.47. The minimum atomic E-state index is -0.478. The number of amides is 1. The van der Waals surface area contributed by atoms with E-state index in [9.17, 15) is 4.79 Å². The Hall–Kier alpha value is -1.94. The maximum Gasteiger partial charge on any atom is 0.407 e. The molecular weight excluding hydrogens is 354 g/mol. The first-order valence-corrected chi connectivity index (χ1v) is 10.3. The first-order valence-electron chi connectivity index (χ1n) is 9.50. The normalized spacial score (nSPS) is 12.5. The SMILES string of the molecule is CCC(CNC(=O)OC(C)(C)C)c1cccc(Sc2ccc(C)cc2C)c1. The summed E-state index contributed by atoms with van der Waals surface area (Å²) in [5, 5.41) is 2.91. The van der Waals surface area contributed by atoms with Gasteiger partial charge in [0.15, 0.2) is 0 Å². The summed E-state index contributed by atoms with van der Waals surface area (Å²) < 4.78 is 5.34. The first kappa shape index (κ1) is 21.4. The van der Waals surface area contributed by atoms with Gasteiger partial charge in [0, 0.05) is 22.3 Å². The van der Waals surface area contributed by atoms with Crippen molar-refractivity contribution in [1.82, 2.24) is 5.32 Å². The molecule has 2 aromatic carbocycles. The van der Waals surface area contributed by atoms with E-state index in [1.54, 1.807) is 11.8 Å². The van der Waals surface area contributed by atoms with Gasteiger partial charge in [0.1, 0.15) is 5.60 Å². The molecule has 1 unspecified atom stereocenters. The molecule has 0 bridgehead atoms. The highest BCUT2D eigenvalue weighted by molar-refractivity contribution is 7.99. The van der Waals surface area contributed by atoms with Crippen LogP contribution in [0.3, 0.4) is 0 Å². The standard InChI is InChI=1S/C23H31NO2S/c1-7-18(15-24-22(25)26-23(4,5)6)19-9-8-10-20(14-19)27-21-12-11-16(2)13-17(21)3/h8-14,18H,7,15H2,1-6H3,(H,24,25). The Balaban J connectivity index is 2.06. The van der Waals surface area contributed by atoms with Crippen LogP contribution in [0.1, 0.15) is 56.7 Å². The predicted molar refractivity (Wildman–Crippen MR) is 114 cm³/mol. The van der Waals surface area contributed by atoms with E-state index in [1.165, 1.54) is 26.5 Å². The molecule has 0 aliphatic carbocycles. The van der Waals surface area contributed by atoms with Crippen molar-refractivity contribution in [1.29, 1.82) is 0 Å². The van der Waals surface area contributed by atoms with Crippen LogP contribution in [0.5, 0.6) is 0 Å². The molecule has 0 saturated heterocycles. The van der Waals surface area contributed by atoms with Crippen molar-refractivity contribution in [3.05, 3.63) is 59.2 Å². The van der Waals surface area contributed by atoms with Crippen LogP contribution in [-0.2, 0) is 4.74 Å². The number of carbonyl (C=O) groups is 1. The molecule has 0 spiro atoms. The van der Waals surface area contributed by atoms with Gasteiger partial charge in [0.25, 0.3) is 0 Å². The molecule has 4 heteroatoms. The molecule has 2 aromatic rings. The third-order valence-corrected chi connectivity index (χ3v) is 5.44. The average molecular weight is 386 g/mol. The fourth-order valence-corrected chi connectivity index (χ4v) is 3.84. The third kappa shape index (κ3) is 6.94. The summed E-state index contributed by atoms with van der Waals surface area (Å²) in [4.78, 5) is 14.4. The molecule has 1 N–H and O–H groups in total. The lowest BCUT2D eigenvalue weighted by atomic mass is 9.96. The highest BCUT2D eigenvalue weighted by Gasteiger charge is 2.18. The number of hydrogen-bond acceptors (Lipinski definition) is 3. The van der Waals surface area contributed by atoms with Crippen LogP contribution in [0.25, 0.3) is 0 Å². The molecule has 1 atom stereocenters. The number of hydrogen-bond donors (Lipinski definition) is 1. The number of aryl methyl sites for hydroxylation is 2. The third-order valence-electron chi connectivity index (χ3n) is 4.27. The van der Waals surface area contributed by atoms with Gasteiger partial charge in [-0.25, -0.2) is 4.79 Å². The highest BCUT2D eigenvalue weighted by Crippen LogP contribution is 2.32. The summed E-state index contributed by atoms with van der Waals surface area (Å²) >= 11 is 1.79. The van der Waals surface area contributed by atoms with Crippen LogP contribution in [0.15, 0.2) is 52.3 Å². The van der Waals surface area contributed by atoms with Crippen LogP contribution in [0.2, 0.25) is 0 Å². The summed E-state index contributed by atoms with van der Waals surface area (Å²) in [7, 11) is 0. The van der Waals surface area contributed by atoms with E-state index in [-0.39, 0.29) is 12.0 Å². The molecule has 0 aliphatic rings. The molecule has 2 rings (SSSR count). The zero-order chi connectivity index (χ0) is 20.0. The lowest BCUT2D eigenvalue weighted by molar-refractivity contribution is 0.0524. The van der Waals surface area contributed by atoms with Gasteiger partial charge < -0.3 is 10.1 Å². The number of nitrogens with one attached hydrogen (secondary N) is 1. The topological polar surface area (TPSA) is 38.3 Å². The van der Waals surface area contributed by atoms with Crippen molar-refractivity contribution < 1.29 is 9.53 Å². The van der Waals surface area contributed by atoms with Gasteiger partial charge in [-0.2, -0.15) is 0 Å². The minimum Gasteiger partial charge on any atom is -0.444 e. The Morgan fingerprint density at radius 1 is 1.15 bits per heavy atom. The van der Waals surface area contributed by atoms with Gasteiger partial charge in [-0.05, 0) is 70.4 Å². The van der Waals surface area contributed by atoms with Gasteiger partial charge in [0.05, 0.1) is 0 Å². The number of carbonyl (C=O) groups excluding carboxylic acids is 1. The summed E-state index contributed by atoms with van der Waals surface area (Å²) in [5.41, 5.74) is 3.34. The van der Waals surface area contributed by atoms with Crippen LogP contribution in [0, 0.1) is 13.8 Å². The largest absolute Gasteiger partial charge is 0.444 e. The number of rotatable bonds is 6. The lowest BCUT2D eigenvalue weighted by Crippen LogP contribution is -2.34. The summed E-state index contributed by atoms with van der Waals surface area (Å²) in [6, 6.07) is 15.2. The molecule has 146 valence electrons. The van der Waals surface area contributed by atoms with Gasteiger partial charge in [0.2, 0.25) is 0 Å². The maximum absolute atomic E-state index is 11.9. The van der Waals surface area contributed by atoms with E-state index in [0.717, 1.165) is 6.42 Å². The summed E-state index contributed by atoms with van der Waals surface area (Å²) in [5.74, 6) is 0.261. The van der Waals surface area contributed by atoms with E-state index in [2.05, 4.69) is 68.6 Å². The molecule has 0 radical (unpaired) electrons. The van der Waals surface area contributed by atoms with Crippen LogP contribution in [0.4, 0.5) is 4.79 Å². The van der Waals surface area contributed by atoms with Gasteiger partial charge in [-0.1, -0.05) is 48.5 Å². The molecule has 0 aromatic heterocycles. The molecule has 0 fully saturated rings. The summed E-state index contributed by atoms with van der Waals surface area (Å²) in [6.07, 6.45) is 0.592. The molecule has 0 saturated carbocycles. The average Bonchev–Trinajstić information content (AvgIpc) is 2.57. The second-order valence-corrected chi connectivity index (χ2v) is 9.05. The van der Waals surface area contributed by atoms with Crippen LogP contribution >= 0.6 is 11.8 Å². The molecule has 0 heterocycles. The summed E-state index contributed by atoms with van der Waals surface area (Å²) in [6.45, 7) is 12.6. The quantitative estimate of drug-likeness (QED) is 0.619. The Morgan fingerprint density at radius 2 is 1.89 bits per heavy atom. The second-order valence-electron chi connectivity index (χ2n) is 7.93. The fraction of sp³-hybridized carbons (Fsp3) is 0.435.